The molecule has 96 valence electrons. The Bertz CT molecular complexity index is 528. The first-order chi connectivity index (χ1) is 8.72. The third-order valence-electron chi connectivity index (χ3n) is 2.44. The molecule has 0 saturated heterocycles. The lowest BCUT2D eigenvalue weighted by molar-refractivity contribution is 0.136. The number of ether oxygens (including phenoxy) is 1. The number of benzene rings is 1. The maximum atomic E-state index is 5.98. The Labute approximate surface area is 110 Å². The number of nitrogens with two attached hydrogens (primary N) is 1. The first-order valence-corrected chi connectivity index (χ1v) is 5.99. The molecule has 2 aromatic rings. The molecular weight excluding hydrogens is 254 g/mol. The lowest BCUT2D eigenvalue weighted by Crippen LogP contribution is -2.09. The summed E-state index contributed by atoms with van der Waals surface area (Å²) in [5.41, 5.74) is 7.03. The predicted octanol–water partition coefficient (Wildman–Crippen LogP) is 1.61. The molecule has 6 nitrogen and oxygen atoms in total. The highest BCUT2D eigenvalue weighted by Gasteiger charge is 2.10. The lowest BCUT2D eigenvalue weighted by Gasteiger charge is -2.06. The van der Waals surface area contributed by atoms with Crippen molar-refractivity contribution in [3.05, 3.63) is 23.2 Å². The van der Waals surface area contributed by atoms with Gasteiger partial charge in [-0.25, -0.2) is 4.68 Å². The van der Waals surface area contributed by atoms with Crippen molar-refractivity contribution >= 4 is 17.3 Å². The number of halogens is 1. The second-order valence-electron chi connectivity index (χ2n) is 3.66. The number of rotatable bonds is 5. The van der Waals surface area contributed by atoms with Gasteiger partial charge < -0.3 is 10.5 Å². The van der Waals surface area contributed by atoms with E-state index in [0.29, 0.717) is 36.3 Å². The largest absolute Gasteiger partial charge is 0.398 e. The summed E-state index contributed by atoms with van der Waals surface area (Å²) in [6.45, 7) is 3.78. The van der Waals surface area contributed by atoms with Crippen molar-refractivity contribution in [1.29, 1.82) is 0 Å². The van der Waals surface area contributed by atoms with Crippen LogP contribution in [0.1, 0.15) is 6.92 Å². The van der Waals surface area contributed by atoms with Gasteiger partial charge in [0.15, 0.2) is 5.82 Å². The zero-order valence-corrected chi connectivity index (χ0v) is 10.8. The quantitative estimate of drug-likeness (QED) is 0.658. The number of tetrazole rings is 1. The first kappa shape index (κ1) is 12.8. The van der Waals surface area contributed by atoms with Gasteiger partial charge in [-0.05, 0) is 35.5 Å². The molecule has 1 aromatic carbocycles. The maximum Gasteiger partial charge on any atom is 0.182 e. The Morgan fingerprint density at radius 2 is 2.28 bits per heavy atom. The van der Waals surface area contributed by atoms with Crippen LogP contribution in [0.2, 0.25) is 5.02 Å². The Hall–Kier alpha value is -1.66. The highest BCUT2D eigenvalue weighted by Crippen LogP contribution is 2.25. The summed E-state index contributed by atoms with van der Waals surface area (Å²) >= 11 is 5.98. The summed E-state index contributed by atoms with van der Waals surface area (Å²) in [5.74, 6) is 0.650. The third kappa shape index (κ3) is 2.77. The first-order valence-electron chi connectivity index (χ1n) is 5.61. The van der Waals surface area contributed by atoms with Crippen molar-refractivity contribution in [3.63, 3.8) is 0 Å². The van der Waals surface area contributed by atoms with Crippen molar-refractivity contribution in [2.75, 3.05) is 18.9 Å². The predicted molar refractivity (Wildman–Crippen MR) is 69.2 cm³/mol. The van der Waals surface area contributed by atoms with Crippen LogP contribution in [-0.4, -0.2) is 33.4 Å². The molecule has 2 rings (SSSR count). The van der Waals surface area contributed by atoms with Crippen molar-refractivity contribution < 1.29 is 4.74 Å². The number of nitrogen functional groups attached to an aromatic ring is 1. The minimum atomic E-state index is 0.492. The van der Waals surface area contributed by atoms with E-state index in [0.717, 1.165) is 5.56 Å². The van der Waals surface area contributed by atoms with Gasteiger partial charge in [0.05, 0.1) is 23.9 Å². The Balaban J connectivity index is 2.22. The van der Waals surface area contributed by atoms with E-state index >= 15 is 0 Å². The maximum absolute atomic E-state index is 5.98. The molecule has 7 heteroatoms. The summed E-state index contributed by atoms with van der Waals surface area (Å²) < 4.78 is 6.96. The number of hydrogen-bond acceptors (Lipinski definition) is 5. The van der Waals surface area contributed by atoms with E-state index in [9.17, 15) is 0 Å². The van der Waals surface area contributed by atoms with Gasteiger partial charge in [-0.1, -0.05) is 11.6 Å². The zero-order chi connectivity index (χ0) is 13.0. The Morgan fingerprint density at radius 1 is 1.44 bits per heavy atom. The number of aromatic nitrogens is 4. The van der Waals surface area contributed by atoms with E-state index in [-0.39, 0.29) is 0 Å². The number of anilines is 1. The molecule has 18 heavy (non-hydrogen) atoms. The number of nitrogens with zero attached hydrogens (tertiary/aromatic N) is 4. The molecule has 0 aliphatic rings. The van der Waals surface area contributed by atoms with Crippen molar-refractivity contribution in [1.82, 2.24) is 20.2 Å². The van der Waals surface area contributed by atoms with Crippen LogP contribution in [0.3, 0.4) is 0 Å². The van der Waals surface area contributed by atoms with Crippen LogP contribution >= 0.6 is 11.6 Å². The summed E-state index contributed by atoms with van der Waals surface area (Å²) in [6.07, 6.45) is 0. The van der Waals surface area contributed by atoms with Gasteiger partial charge in [-0.15, -0.1) is 5.10 Å². The van der Waals surface area contributed by atoms with Crippen LogP contribution in [0, 0.1) is 0 Å². The minimum absolute atomic E-state index is 0.492. The van der Waals surface area contributed by atoms with Gasteiger partial charge in [0, 0.05) is 12.2 Å². The molecule has 2 N–H and O–H groups in total. The van der Waals surface area contributed by atoms with E-state index in [2.05, 4.69) is 15.5 Å². The van der Waals surface area contributed by atoms with Gasteiger partial charge in [0.2, 0.25) is 0 Å². The molecule has 1 heterocycles. The van der Waals surface area contributed by atoms with Gasteiger partial charge >= 0.3 is 0 Å². The molecule has 0 aliphatic heterocycles. The average Bonchev–Trinajstić information content (AvgIpc) is 2.81. The minimum Gasteiger partial charge on any atom is -0.398 e. The van der Waals surface area contributed by atoms with Crippen LogP contribution < -0.4 is 5.73 Å². The molecule has 0 fully saturated rings. The van der Waals surface area contributed by atoms with Crippen molar-refractivity contribution in [2.45, 2.75) is 13.5 Å². The average molecular weight is 268 g/mol. The molecule has 0 atom stereocenters. The highest BCUT2D eigenvalue weighted by molar-refractivity contribution is 6.33. The Kier molecular flexibility index (Phi) is 4.11. The van der Waals surface area contributed by atoms with Crippen LogP contribution in [0.5, 0.6) is 0 Å². The smallest absolute Gasteiger partial charge is 0.182 e. The van der Waals surface area contributed by atoms with E-state index in [4.69, 9.17) is 22.1 Å². The van der Waals surface area contributed by atoms with E-state index in [1.165, 1.54) is 0 Å². The molecule has 1 aromatic heterocycles. The van der Waals surface area contributed by atoms with Crippen LogP contribution in [0.4, 0.5) is 5.69 Å². The summed E-state index contributed by atoms with van der Waals surface area (Å²) in [6, 6.07) is 5.32. The fourth-order valence-corrected chi connectivity index (χ4v) is 1.70. The zero-order valence-electron chi connectivity index (χ0n) is 10.0. The van der Waals surface area contributed by atoms with Crippen LogP contribution in [0.25, 0.3) is 11.4 Å². The lowest BCUT2D eigenvalue weighted by atomic mass is 10.2. The third-order valence-corrected chi connectivity index (χ3v) is 2.77. The summed E-state index contributed by atoms with van der Waals surface area (Å²) in [5, 5.41) is 12.1. The molecule has 0 aliphatic carbocycles. The van der Waals surface area contributed by atoms with Crippen molar-refractivity contribution in [3.8, 4) is 11.4 Å². The molecule has 0 saturated carbocycles. The van der Waals surface area contributed by atoms with Gasteiger partial charge in [-0.3, -0.25) is 0 Å². The van der Waals surface area contributed by atoms with Crippen LogP contribution in [0.15, 0.2) is 18.2 Å². The normalized spacial score (nSPS) is 10.8. The summed E-state index contributed by atoms with van der Waals surface area (Å²) in [7, 11) is 0. The molecule has 0 unspecified atom stereocenters. The number of hydrogen-bond donors (Lipinski definition) is 1. The van der Waals surface area contributed by atoms with E-state index < -0.39 is 0 Å². The molecular formula is C11H14ClN5O. The van der Waals surface area contributed by atoms with E-state index in [1.54, 1.807) is 16.8 Å². The summed E-state index contributed by atoms with van der Waals surface area (Å²) in [4.78, 5) is 0. The standard InChI is InChI=1S/C11H14ClN5O/c1-2-18-6-5-17-11(14-15-16-17)8-3-4-10(13)9(12)7-8/h3-4,7H,2,5-6,13H2,1H3. The molecule has 0 spiro atoms. The monoisotopic (exact) mass is 267 g/mol. The van der Waals surface area contributed by atoms with Crippen LogP contribution in [-0.2, 0) is 11.3 Å². The fourth-order valence-electron chi connectivity index (χ4n) is 1.52. The Morgan fingerprint density at radius 3 is 3.00 bits per heavy atom. The van der Waals surface area contributed by atoms with Crippen molar-refractivity contribution in [2.24, 2.45) is 0 Å². The highest BCUT2D eigenvalue weighted by atomic mass is 35.5. The molecule has 0 radical (unpaired) electrons. The second kappa shape index (κ2) is 5.79. The topological polar surface area (TPSA) is 78.8 Å². The molecule has 0 bridgehead atoms. The van der Waals surface area contributed by atoms with Gasteiger partial charge in [-0.2, -0.15) is 0 Å². The van der Waals surface area contributed by atoms with Gasteiger partial charge in [0.1, 0.15) is 0 Å². The molecule has 0 amide bonds. The second-order valence-corrected chi connectivity index (χ2v) is 4.07. The SMILES string of the molecule is CCOCCn1nnnc1-c1ccc(N)c(Cl)c1. The fraction of sp³-hybridized carbons (Fsp3) is 0.364. The van der Waals surface area contributed by atoms with E-state index in [1.807, 2.05) is 13.0 Å². The van der Waals surface area contributed by atoms with Gasteiger partial charge in [0.25, 0.3) is 0 Å².